The average Bonchev–Trinajstić information content (AvgIpc) is 2.81. The van der Waals surface area contributed by atoms with E-state index in [4.69, 9.17) is 4.74 Å². The molecule has 2 unspecified atom stereocenters. The quantitative estimate of drug-likeness (QED) is 0.454. The van der Waals surface area contributed by atoms with Crippen molar-refractivity contribution in [3.63, 3.8) is 0 Å². The Balaban J connectivity index is 2.00. The topological polar surface area (TPSA) is 82.2 Å². The molecule has 1 N–H and O–H groups in total. The summed E-state index contributed by atoms with van der Waals surface area (Å²) in [5, 5.41) is 3.00. The molecule has 2 aliphatic heterocycles. The van der Waals surface area contributed by atoms with Crippen LogP contribution >= 0.6 is 0 Å². The minimum atomic E-state index is -0.612. The van der Waals surface area contributed by atoms with Gasteiger partial charge in [-0.15, -0.1) is 6.58 Å². The van der Waals surface area contributed by atoms with Crippen molar-refractivity contribution in [1.29, 1.82) is 0 Å². The minimum Gasteiger partial charge on any atom is -0.463 e. The number of urea groups is 1. The van der Waals surface area contributed by atoms with Gasteiger partial charge in [-0.1, -0.05) is 49.8 Å². The average molecular weight is 483 g/mol. The maximum atomic E-state index is 13.3. The molecule has 0 saturated carbocycles. The van der Waals surface area contributed by atoms with Crippen molar-refractivity contribution >= 4 is 17.9 Å². The maximum Gasteiger partial charge on any atom is 0.338 e. The first-order valence-electron chi connectivity index (χ1n) is 12.4. The van der Waals surface area contributed by atoms with Gasteiger partial charge in [-0.3, -0.25) is 14.6 Å². The monoisotopic (exact) mass is 482 g/mol. The lowest BCUT2D eigenvalue weighted by Gasteiger charge is -2.43. The number of nitrogens with one attached hydrogen (secondary N) is 1. The number of aryl methyl sites for hydroxylation is 1. The number of esters is 1. The van der Waals surface area contributed by atoms with Crippen molar-refractivity contribution in [3.05, 3.63) is 59.3 Å². The summed E-state index contributed by atoms with van der Waals surface area (Å²) in [6, 6.07) is 6.93. The van der Waals surface area contributed by atoms with Gasteiger partial charge in [0.1, 0.15) is 0 Å². The normalized spacial score (nSPS) is 21.3. The molecule has 190 valence electrons. The highest BCUT2D eigenvalue weighted by molar-refractivity contribution is 5.95. The third kappa shape index (κ3) is 5.93. The number of ether oxygens (including phenoxy) is 1. The van der Waals surface area contributed by atoms with Crippen LogP contribution in [0.25, 0.3) is 0 Å². The van der Waals surface area contributed by atoms with Crippen molar-refractivity contribution in [2.75, 3.05) is 39.3 Å². The number of benzene rings is 1. The van der Waals surface area contributed by atoms with E-state index in [0.717, 1.165) is 11.1 Å². The second kappa shape index (κ2) is 11.5. The molecule has 1 aromatic rings. The van der Waals surface area contributed by atoms with Crippen LogP contribution in [0.15, 0.2) is 48.2 Å². The van der Waals surface area contributed by atoms with E-state index < -0.39 is 12.0 Å². The molecular weight excluding hydrogens is 444 g/mol. The fraction of sp³-hybridized carbons (Fsp3) is 0.519. The molecule has 0 spiro atoms. The van der Waals surface area contributed by atoms with Gasteiger partial charge in [0.2, 0.25) is 5.91 Å². The Morgan fingerprint density at radius 2 is 1.91 bits per heavy atom. The SMILES string of the molecule is C=CCN1C(=O)NC(c2ccc(C)cc2)C(C(=O)OCC)=C1CN1CCN(C(=O)C(C)C)C(C)C1. The molecule has 3 rings (SSSR count). The number of carbonyl (C=O) groups excluding carboxylic acids is 3. The maximum absolute atomic E-state index is 13.3. The van der Waals surface area contributed by atoms with Gasteiger partial charge >= 0.3 is 12.0 Å². The number of rotatable bonds is 8. The number of nitrogens with zero attached hydrogens (tertiary/aromatic N) is 3. The molecule has 1 saturated heterocycles. The molecule has 1 fully saturated rings. The first-order valence-corrected chi connectivity index (χ1v) is 12.4. The summed E-state index contributed by atoms with van der Waals surface area (Å²) < 4.78 is 5.46. The van der Waals surface area contributed by atoms with Gasteiger partial charge in [-0.2, -0.15) is 0 Å². The van der Waals surface area contributed by atoms with E-state index in [0.29, 0.717) is 37.4 Å². The van der Waals surface area contributed by atoms with Crippen LogP contribution < -0.4 is 5.32 Å². The molecular formula is C27H38N4O4. The number of amides is 3. The smallest absolute Gasteiger partial charge is 0.338 e. The Morgan fingerprint density at radius 3 is 2.49 bits per heavy atom. The summed E-state index contributed by atoms with van der Waals surface area (Å²) in [5.74, 6) is -0.348. The van der Waals surface area contributed by atoms with Crippen molar-refractivity contribution in [3.8, 4) is 0 Å². The van der Waals surface area contributed by atoms with E-state index in [2.05, 4.69) is 16.8 Å². The second-order valence-corrected chi connectivity index (χ2v) is 9.54. The van der Waals surface area contributed by atoms with E-state index in [9.17, 15) is 14.4 Å². The Hall–Kier alpha value is -3.13. The molecule has 8 heteroatoms. The van der Waals surface area contributed by atoms with Crippen LogP contribution in [0.4, 0.5) is 4.79 Å². The minimum absolute atomic E-state index is 0.0310. The molecule has 35 heavy (non-hydrogen) atoms. The zero-order valence-electron chi connectivity index (χ0n) is 21.5. The summed E-state index contributed by atoms with van der Waals surface area (Å²) in [6.07, 6.45) is 1.65. The molecule has 0 radical (unpaired) electrons. The first kappa shape index (κ1) is 26.5. The number of hydrogen-bond donors (Lipinski definition) is 1. The summed E-state index contributed by atoms with van der Waals surface area (Å²) in [5.41, 5.74) is 2.97. The molecule has 0 aromatic heterocycles. The fourth-order valence-corrected chi connectivity index (χ4v) is 4.70. The third-order valence-electron chi connectivity index (χ3n) is 6.52. The van der Waals surface area contributed by atoms with E-state index >= 15 is 0 Å². The summed E-state index contributed by atoms with van der Waals surface area (Å²) in [7, 11) is 0. The molecule has 3 amide bonds. The van der Waals surface area contributed by atoms with E-state index in [1.807, 2.05) is 56.9 Å². The van der Waals surface area contributed by atoms with Crippen LogP contribution in [0.1, 0.15) is 44.9 Å². The molecule has 1 aromatic carbocycles. The fourth-order valence-electron chi connectivity index (χ4n) is 4.70. The Labute approximate surface area is 208 Å². The standard InChI is InChI=1S/C27H38N4O4/c1-7-13-31-22(17-29-14-15-30(20(6)16-29)25(32)18(3)4)23(26(33)35-8-2)24(28-27(31)34)21-11-9-19(5)10-12-21/h7,9-12,18,20,24H,1,8,13-17H2,2-6H3,(H,28,34). The predicted octanol–water partition coefficient (Wildman–Crippen LogP) is 3.25. The van der Waals surface area contributed by atoms with Crippen molar-refractivity contribution < 1.29 is 19.1 Å². The Bertz CT molecular complexity index is 985. The molecule has 2 atom stereocenters. The van der Waals surface area contributed by atoms with Gasteiger partial charge in [0.25, 0.3) is 0 Å². The van der Waals surface area contributed by atoms with Crippen LogP contribution in [0, 0.1) is 12.8 Å². The summed E-state index contributed by atoms with van der Waals surface area (Å²) in [4.78, 5) is 44.8. The first-order chi connectivity index (χ1) is 16.7. The van der Waals surface area contributed by atoms with Crippen LogP contribution in [0.5, 0.6) is 0 Å². The second-order valence-electron chi connectivity index (χ2n) is 9.54. The highest BCUT2D eigenvalue weighted by Gasteiger charge is 2.39. The van der Waals surface area contributed by atoms with Crippen molar-refractivity contribution in [2.45, 2.75) is 46.7 Å². The summed E-state index contributed by atoms with van der Waals surface area (Å²) >= 11 is 0. The number of carbonyl (C=O) groups is 3. The molecule has 2 heterocycles. The highest BCUT2D eigenvalue weighted by atomic mass is 16.5. The molecule has 0 aliphatic carbocycles. The lowest BCUT2D eigenvalue weighted by atomic mass is 9.93. The largest absolute Gasteiger partial charge is 0.463 e. The number of piperazine rings is 1. The molecule has 8 nitrogen and oxygen atoms in total. The van der Waals surface area contributed by atoms with Gasteiger partial charge in [0, 0.05) is 50.4 Å². The van der Waals surface area contributed by atoms with Gasteiger partial charge < -0.3 is 15.0 Å². The van der Waals surface area contributed by atoms with E-state index in [-0.39, 0.29) is 37.0 Å². The van der Waals surface area contributed by atoms with Crippen LogP contribution in [-0.4, -0.2) is 78.0 Å². The molecule has 2 aliphatic rings. The lowest BCUT2D eigenvalue weighted by Crippen LogP contribution is -2.57. The Morgan fingerprint density at radius 1 is 1.23 bits per heavy atom. The third-order valence-corrected chi connectivity index (χ3v) is 6.52. The lowest BCUT2D eigenvalue weighted by molar-refractivity contribution is -0.139. The van der Waals surface area contributed by atoms with Gasteiger partial charge in [-0.25, -0.2) is 9.59 Å². The van der Waals surface area contributed by atoms with Gasteiger partial charge in [0.05, 0.1) is 18.2 Å². The van der Waals surface area contributed by atoms with Crippen molar-refractivity contribution in [1.82, 2.24) is 20.0 Å². The van der Waals surface area contributed by atoms with Gasteiger partial charge in [-0.05, 0) is 26.3 Å². The zero-order chi connectivity index (χ0) is 25.7. The summed E-state index contributed by atoms with van der Waals surface area (Å²) in [6.45, 7) is 16.2. The number of hydrogen-bond acceptors (Lipinski definition) is 5. The van der Waals surface area contributed by atoms with Crippen LogP contribution in [0.3, 0.4) is 0 Å². The molecule has 0 bridgehead atoms. The highest BCUT2D eigenvalue weighted by Crippen LogP contribution is 2.32. The van der Waals surface area contributed by atoms with Crippen LogP contribution in [-0.2, 0) is 14.3 Å². The van der Waals surface area contributed by atoms with Gasteiger partial charge in [0.15, 0.2) is 0 Å². The van der Waals surface area contributed by atoms with Crippen molar-refractivity contribution in [2.24, 2.45) is 5.92 Å². The van der Waals surface area contributed by atoms with Crippen LogP contribution in [0.2, 0.25) is 0 Å². The Kier molecular flexibility index (Phi) is 8.72. The van der Waals surface area contributed by atoms with E-state index in [1.54, 1.807) is 17.9 Å². The zero-order valence-corrected chi connectivity index (χ0v) is 21.5. The predicted molar refractivity (Wildman–Crippen MR) is 135 cm³/mol. The van der Waals surface area contributed by atoms with E-state index in [1.165, 1.54) is 0 Å².